The average Bonchev–Trinajstić information content (AvgIpc) is 2.26. The number of phenols is 1. The minimum absolute atomic E-state index is 0. The van der Waals surface area contributed by atoms with E-state index in [0.717, 1.165) is 22.2 Å². The number of aliphatic carboxylic acids is 1. The van der Waals surface area contributed by atoms with E-state index in [9.17, 15) is 9.90 Å². The normalized spacial score (nSPS) is 9.89. The molecule has 0 unspecified atom stereocenters. The van der Waals surface area contributed by atoms with Gasteiger partial charge in [-0.2, -0.15) is 0 Å². The molecule has 0 fully saturated rings. The van der Waals surface area contributed by atoms with Gasteiger partial charge in [0.1, 0.15) is 5.75 Å². The average molecular weight is 307 g/mol. The molecule has 0 bridgehead atoms. The Balaban J connectivity index is 0. The molecule has 0 aliphatic rings. The summed E-state index contributed by atoms with van der Waals surface area (Å²) < 4.78 is 0. The Bertz CT molecular complexity index is 445. The van der Waals surface area contributed by atoms with E-state index in [1.807, 2.05) is 13.8 Å². The second kappa shape index (κ2) is 11.7. The molecule has 0 aromatic heterocycles. The molecule has 0 radical (unpaired) electrons. The summed E-state index contributed by atoms with van der Waals surface area (Å²) in [6.45, 7) is 5.55. The number of allylic oxidation sites excluding steroid dienone is 3. The van der Waals surface area contributed by atoms with Crippen molar-refractivity contribution in [1.29, 1.82) is 0 Å². The van der Waals surface area contributed by atoms with E-state index in [2.05, 4.69) is 0 Å². The molecule has 1 aromatic carbocycles. The van der Waals surface area contributed by atoms with Gasteiger partial charge in [-0.25, -0.2) is 0 Å². The Morgan fingerprint density at radius 3 is 2.11 bits per heavy atom. The first kappa shape index (κ1) is 21.2. The summed E-state index contributed by atoms with van der Waals surface area (Å²) >= 11 is 5.84. The van der Waals surface area contributed by atoms with Crippen LogP contribution in [-0.2, 0) is 4.79 Å². The number of rotatable bonds is 2. The van der Waals surface area contributed by atoms with Gasteiger partial charge in [0.2, 0.25) is 0 Å². The van der Waals surface area contributed by atoms with Crippen LogP contribution in [0.4, 0.5) is 0 Å². The van der Waals surface area contributed by atoms with Gasteiger partial charge in [-0.1, -0.05) is 29.8 Å². The van der Waals surface area contributed by atoms with Gasteiger partial charge >= 0.3 is 51.4 Å². The van der Waals surface area contributed by atoms with Gasteiger partial charge in [0.25, 0.3) is 0 Å². The van der Waals surface area contributed by atoms with Gasteiger partial charge < -0.3 is 15.0 Å². The number of aromatic hydroxyl groups is 1. The molecule has 0 atom stereocenters. The van der Waals surface area contributed by atoms with Crippen LogP contribution in [-0.4, -0.2) is 11.1 Å². The number of carbonyl (C=O) groups is 1. The first-order valence-electron chi connectivity index (χ1n) is 5.34. The quantitative estimate of drug-likeness (QED) is 0.457. The fourth-order valence-corrected chi connectivity index (χ4v) is 1.28. The zero-order valence-corrected chi connectivity index (χ0v) is 15.5. The van der Waals surface area contributed by atoms with Crippen molar-refractivity contribution >= 4 is 17.6 Å². The molecule has 0 saturated carbocycles. The van der Waals surface area contributed by atoms with Crippen molar-refractivity contribution in [3.05, 3.63) is 52.6 Å². The topological polar surface area (TPSA) is 60.4 Å². The molecule has 1 aromatic rings. The minimum Gasteiger partial charge on any atom is -0.545 e. The van der Waals surface area contributed by atoms with Crippen molar-refractivity contribution in [3.8, 4) is 5.75 Å². The van der Waals surface area contributed by atoms with Crippen LogP contribution in [0.1, 0.15) is 18.1 Å². The van der Waals surface area contributed by atoms with E-state index < -0.39 is 5.97 Å². The van der Waals surface area contributed by atoms with E-state index in [0.29, 0.717) is 0 Å². The monoisotopic (exact) mass is 306 g/mol. The number of carboxylic acid groups (broad SMARTS) is 1. The maximum Gasteiger partial charge on any atom is 1.00 e. The van der Waals surface area contributed by atoms with E-state index >= 15 is 0 Å². The van der Waals surface area contributed by atoms with Crippen molar-refractivity contribution < 1.29 is 66.4 Å². The zero-order chi connectivity index (χ0) is 14.1. The number of hydrogen-bond donors (Lipinski definition) is 1. The van der Waals surface area contributed by atoms with Gasteiger partial charge in [0, 0.05) is 5.02 Å². The van der Waals surface area contributed by atoms with Crippen molar-refractivity contribution in [1.82, 2.24) is 0 Å². The number of halogens is 1. The fourth-order valence-electron chi connectivity index (χ4n) is 1.17. The number of carboxylic acids is 1. The van der Waals surface area contributed by atoms with Gasteiger partial charge in [-0.15, -0.1) is 0 Å². The maximum atomic E-state index is 9.64. The summed E-state index contributed by atoms with van der Waals surface area (Å²) in [5.41, 5.74) is 1.83. The Morgan fingerprint density at radius 1 is 1.26 bits per heavy atom. The van der Waals surface area contributed by atoms with Crippen LogP contribution in [0.25, 0.3) is 0 Å². The second-order valence-corrected chi connectivity index (χ2v) is 3.98. The van der Waals surface area contributed by atoms with Crippen LogP contribution in [0.15, 0.2) is 36.4 Å². The summed E-state index contributed by atoms with van der Waals surface area (Å²) in [6, 6.07) is 3.30. The van der Waals surface area contributed by atoms with Crippen LogP contribution in [0.2, 0.25) is 5.02 Å². The Hall–Kier alpha value is -0.104. The molecule has 0 aliphatic carbocycles. The van der Waals surface area contributed by atoms with Gasteiger partial charge in [0.05, 0.1) is 5.97 Å². The molecule has 98 valence electrons. The first-order valence-corrected chi connectivity index (χ1v) is 5.72. The van der Waals surface area contributed by atoms with Crippen molar-refractivity contribution in [3.63, 3.8) is 0 Å². The molecular formula is C14H16ClKO3. The molecule has 1 N–H and O–H groups in total. The molecule has 3 nitrogen and oxygen atoms in total. The largest absolute Gasteiger partial charge is 1.00 e. The molecule has 0 saturated heterocycles. The Morgan fingerprint density at radius 2 is 1.74 bits per heavy atom. The van der Waals surface area contributed by atoms with Crippen LogP contribution >= 0.6 is 11.6 Å². The van der Waals surface area contributed by atoms with Gasteiger partial charge in [-0.05, 0) is 50.1 Å². The SMILES string of the molecule is C/C=C/C=C/C(=O)[O-].Cc1cc(O)cc(C)c1Cl.[K+]. The van der Waals surface area contributed by atoms with Gasteiger partial charge in [0.15, 0.2) is 0 Å². The molecule has 1 rings (SSSR count). The van der Waals surface area contributed by atoms with E-state index in [-0.39, 0.29) is 57.1 Å². The minimum atomic E-state index is -1.16. The predicted octanol–water partition coefficient (Wildman–Crippen LogP) is -0.465. The number of benzene rings is 1. The maximum absolute atomic E-state index is 9.64. The number of hydrogen-bond acceptors (Lipinski definition) is 3. The summed E-state index contributed by atoms with van der Waals surface area (Å²) in [7, 11) is 0. The van der Waals surface area contributed by atoms with Crippen LogP contribution in [0.5, 0.6) is 5.75 Å². The number of phenolic OH excluding ortho intramolecular Hbond substituents is 1. The smallest absolute Gasteiger partial charge is 0.545 e. The summed E-state index contributed by atoms with van der Waals surface area (Å²) in [5, 5.41) is 19.4. The van der Waals surface area contributed by atoms with Crippen molar-refractivity contribution in [2.45, 2.75) is 20.8 Å². The third kappa shape index (κ3) is 10.4. The molecule has 0 aliphatic heterocycles. The van der Waals surface area contributed by atoms with Gasteiger partial charge in [-0.3, -0.25) is 0 Å². The molecule has 19 heavy (non-hydrogen) atoms. The number of carbonyl (C=O) groups excluding carboxylic acids is 1. The fraction of sp³-hybridized carbons (Fsp3) is 0.214. The first-order chi connectivity index (χ1) is 8.38. The third-order valence-corrected chi connectivity index (χ3v) is 2.55. The molecule has 0 heterocycles. The zero-order valence-electron chi connectivity index (χ0n) is 11.6. The molecule has 0 amide bonds. The van der Waals surface area contributed by atoms with Crippen LogP contribution < -0.4 is 56.5 Å². The summed E-state index contributed by atoms with van der Waals surface area (Å²) in [6.07, 6.45) is 5.74. The van der Waals surface area contributed by atoms with E-state index in [1.54, 1.807) is 31.2 Å². The summed E-state index contributed by atoms with van der Waals surface area (Å²) in [5.74, 6) is -0.887. The number of aryl methyl sites for hydroxylation is 2. The molecule has 0 spiro atoms. The van der Waals surface area contributed by atoms with Crippen molar-refractivity contribution in [2.75, 3.05) is 0 Å². The standard InChI is InChI=1S/C8H9ClO.C6H8O2.K/c1-5-3-7(10)4-6(2)8(5)9;1-2-3-4-5-6(7)8;/h3-4,10H,1-2H3;2-5H,1H3,(H,7,8);/q;;+1/p-1/b;3-2+,5-4+;. The predicted molar refractivity (Wildman–Crippen MR) is 71.6 cm³/mol. The Labute approximate surface area is 161 Å². The molecule has 5 heteroatoms. The Kier molecular flexibility index (Phi) is 13.1. The second-order valence-electron chi connectivity index (χ2n) is 3.60. The van der Waals surface area contributed by atoms with E-state index in [4.69, 9.17) is 16.7 Å². The van der Waals surface area contributed by atoms with E-state index in [1.165, 1.54) is 6.08 Å². The van der Waals surface area contributed by atoms with Crippen molar-refractivity contribution in [2.24, 2.45) is 0 Å². The van der Waals surface area contributed by atoms with Crippen LogP contribution in [0.3, 0.4) is 0 Å². The molecular weight excluding hydrogens is 291 g/mol. The summed E-state index contributed by atoms with van der Waals surface area (Å²) in [4.78, 5) is 9.64. The van der Waals surface area contributed by atoms with Crippen LogP contribution in [0, 0.1) is 13.8 Å². The third-order valence-electron chi connectivity index (χ3n) is 1.96.